The highest BCUT2D eigenvalue weighted by Gasteiger charge is 2.22. The fraction of sp³-hybridized carbons (Fsp3) is 0.538. The van der Waals surface area contributed by atoms with Crippen LogP contribution in [0.2, 0.25) is 0 Å². The Morgan fingerprint density at radius 1 is 1.41 bits per heavy atom. The van der Waals surface area contributed by atoms with Crippen LogP contribution in [-0.4, -0.2) is 20.2 Å². The summed E-state index contributed by atoms with van der Waals surface area (Å²) in [7, 11) is 1.67. The first kappa shape index (κ1) is 12.9. The molecule has 0 aromatic heterocycles. The standard InChI is InChI=1S/C13H19BrN2O/c1-17-12-3-2-10(8-11(12)14)13(15)9-4-6-16-7-5-9/h2-3,8-9,13,16H,4-7,15H2,1H3. The van der Waals surface area contributed by atoms with Crippen molar-refractivity contribution in [2.24, 2.45) is 11.7 Å². The molecule has 1 unspecified atom stereocenters. The average molecular weight is 299 g/mol. The summed E-state index contributed by atoms with van der Waals surface area (Å²) in [5.41, 5.74) is 7.53. The summed E-state index contributed by atoms with van der Waals surface area (Å²) < 4.78 is 6.20. The molecular formula is C13H19BrN2O. The molecular weight excluding hydrogens is 280 g/mol. The van der Waals surface area contributed by atoms with Crippen LogP contribution in [0.15, 0.2) is 22.7 Å². The van der Waals surface area contributed by atoms with Crippen LogP contribution in [0.3, 0.4) is 0 Å². The molecule has 0 saturated carbocycles. The SMILES string of the molecule is COc1ccc(C(N)C2CCNCC2)cc1Br. The molecule has 1 aromatic rings. The quantitative estimate of drug-likeness (QED) is 0.901. The largest absolute Gasteiger partial charge is 0.496 e. The lowest BCUT2D eigenvalue weighted by atomic mass is 9.86. The molecule has 0 aliphatic carbocycles. The summed E-state index contributed by atoms with van der Waals surface area (Å²) in [5, 5.41) is 3.37. The first-order valence-electron chi connectivity index (χ1n) is 6.02. The number of nitrogens with two attached hydrogens (primary N) is 1. The van der Waals surface area contributed by atoms with Crippen molar-refractivity contribution >= 4 is 15.9 Å². The Bertz CT molecular complexity index is 378. The van der Waals surface area contributed by atoms with Gasteiger partial charge in [-0.3, -0.25) is 0 Å². The minimum absolute atomic E-state index is 0.124. The van der Waals surface area contributed by atoms with E-state index in [0.717, 1.165) is 36.2 Å². The van der Waals surface area contributed by atoms with Crippen LogP contribution in [-0.2, 0) is 0 Å². The van der Waals surface area contributed by atoms with Crippen molar-refractivity contribution in [2.75, 3.05) is 20.2 Å². The molecule has 17 heavy (non-hydrogen) atoms. The fourth-order valence-electron chi connectivity index (χ4n) is 2.37. The number of methoxy groups -OCH3 is 1. The van der Waals surface area contributed by atoms with Crippen molar-refractivity contribution in [1.82, 2.24) is 5.32 Å². The Morgan fingerprint density at radius 3 is 2.71 bits per heavy atom. The van der Waals surface area contributed by atoms with E-state index in [9.17, 15) is 0 Å². The van der Waals surface area contributed by atoms with Gasteiger partial charge in [0.1, 0.15) is 5.75 Å². The van der Waals surface area contributed by atoms with E-state index in [2.05, 4.69) is 33.4 Å². The lowest BCUT2D eigenvalue weighted by Gasteiger charge is -2.28. The molecule has 3 nitrogen and oxygen atoms in total. The second kappa shape index (κ2) is 5.85. The van der Waals surface area contributed by atoms with Crippen LogP contribution in [0.1, 0.15) is 24.4 Å². The van der Waals surface area contributed by atoms with Gasteiger partial charge < -0.3 is 15.8 Å². The van der Waals surface area contributed by atoms with Crippen LogP contribution in [0.4, 0.5) is 0 Å². The monoisotopic (exact) mass is 298 g/mol. The molecule has 0 spiro atoms. The van der Waals surface area contributed by atoms with E-state index in [1.165, 1.54) is 5.56 Å². The second-order valence-electron chi connectivity index (χ2n) is 4.51. The molecule has 1 saturated heterocycles. The number of benzene rings is 1. The fourth-order valence-corrected chi connectivity index (χ4v) is 2.92. The van der Waals surface area contributed by atoms with Gasteiger partial charge in [-0.2, -0.15) is 0 Å². The van der Waals surface area contributed by atoms with Crippen LogP contribution in [0.25, 0.3) is 0 Å². The lowest BCUT2D eigenvalue weighted by molar-refractivity contribution is 0.322. The Labute approximate surface area is 111 Å². The third-order valence-corrected chi connectivity index (χ3v) is 4.07. The summed E-state index contributed by atoms with van der Waals surface area (Å²) >= 11 is 3.51. The summed E-state index contributed by atoms with van der Waals surface area (Å²) in [6.45, 7) is 2.16. The van der Waals surface area contributed by atoms with E-state index >= 15 is 0 Å². The number of hydrogen-bond donors (Lipinski definition) is 2. The molecule has 1 aromatic carbocycles. The van der Waals surface area contributed by atoms with Gasteiger partial charge in [-0.05, 0) is 65.5 Å². The van der Waals surface area contributed by atoms with Crippen LogP contribution < -0.4 is 15.8 Å². The number of piperidine rings is 1. The molecule has 1 aliphatic heterocycles. The summed E-state index contributed by atoms with van der Waals surface area (Å²) in [6, 6.07) is 6.24. The normalized spacial score (nSPS) is 19.0. The number of nitrogens with one attached hydrogen (secondary N) is 1. The topological polar surface area (TPSA) is 47.3 Å². The lowest BCUT2D eigenvalue weighted by Crippen LogP contribution is -2.33. The van der Waals surface area contributed by atoms with Crippen molar-refractivity contribution in [3.05, 3.63) is 28.2 Å². The van der Waals surface area contributed by atoms with Crippen LogP contribution >= 0.6 is 15.9 Å². The van der Waals surface area contributed by atoms with Crippen molar-refractivity contribution in [2.45, 2.75) is 18.9 Å². The smallest absolute Gasteiger partial charge is 0.133 e. The summed E-state index contributed by atoms with van der Waals surface area (Å²) in [5.74, 6) is 1.43. The van der Waals surface area contributed by atoms with Crippen LogP contribution in [0.5, 0.6) is 5.75 Å². The maximum atomic E-state index is 6.34. The molecule has 3 N–H and O–H groups in total. The highest BCUT2D eigenvalue weighted by molar-refractivity contribution is 9.10. The predicted octanol–water partition coefficient (Wildman–Crippen LogP) is 2.46. The molecule has 1 aliphatic rings. The number of rotatable bonds is 3. The summed E-state index contributed by atoms with van der Waals surface area (Å²) in [4.78, 5) is 0. The van der Waals surface area contributed by atoms with Crippen LogP contribution in [0, 0.1) is 5.92 Å². The van der Waals surface area contributed by atoms with E-state index in [0.29, 0.717) is 5.92 Å². The molecule has 4 heteroatoms. The molecule has 94 valence electrons. The van der Waals surface area contributed by atoms with Gasteiger partial charge in [0.05, 0.1) is 11.6 Å². The zero-order chi connectivity index (χ0) is 12.3. The van der Waals surface area contributed by atoms with Gasteiger partial charge in [-0.15, -0.1) is 0 Å². The average Bonchev–Trinajstić information content (AvgIpc) is 2.39. The van der Waals surface area contributed by atoms with Crippen molar-refractivity contribution < 1.29 is 4.74 Å². The van der Waals surface area contributed by atoms with E-state index in [4.69, 9.17) is 10.5 Å². The Hall–Kier alpha value is -0.580. The molecule has 0 amide bonds. The summed E-state index contributed by atoms with van der Waals surface area (Å²) in [6.07, 6.45) is 2.32. The van der Waals surface area contributed by atoms with Gasteiger partial charge in [0.2, 0.25) is 0 Å². The van der Waals surface area contributed by atoms with E-state index in [-0.39, 0.29) is 6.04 Å². The highest BCUT2D eigenvalue weighted by Crippen LogP contribution is 2.32. The van der Waals surface area contributed by atoms with Gasteiger partial charge in [-0.1, -0.05) is 6.07 Å². The molecule has 1 atom stereocenters. The van der Waals surface area contributed by atoms with Gasteiger partial charge in [0, 0.05) is 6.04 Å². The Kier molecular flexibility index (Phi) is 4.42. The Morgan fingerprint density at radius 2 is 2.12 bits per heavy atom. The molecule has 0 radical (unpaired) electrons. The van der Waals surface area contributed by atoms with Gasteiger partial charge >= 0.3 is 0 Å². The number of halogens is 1. The van der Waals surface area contributed by atoms with Crippen molar-refractivity contribution in [1.29, 1.82) is 0 Å². The first-order valence-corrected chi connectivity index (χ1v) is 6.81. The van der Waals surface area contributed by atoms with Gasteiger partial charge in [0.25, 0.3) is 0 Å². The zero-order valence-corrected chi connectivity index (χ0v) is 11.7. The minimum atomic E-state index is 0.124. The molecule has 1 heterocycles. The maximum Gasteiger partial charge on any atom is 0.133 e. The van der Waals surface area contributed by atoms with Crippen molar-refractivity contribution in [3.8, 4) is 5.75 Å². The number of hydrogen-bond acceptors (Lipinski definition) is 3. The third kappa shape index (κ3) is 3.00. The second-order valence-corrected chi connectivity index (χ2v) is 5.36. The highest BCUT2D eigenvalue weighted by atomic mass is 79.9. The van der Waals surface area contributed by atoms with E-state index in [1.54, 1.807) is 7.11 Å². The Balaban J connectivity index is 2.12. The zero-order valence-electron chi connectivity index (χ0n) is 10.1. The first-order chi connectivity index (χ1) is 8.22. The predicted molar refractivity (Wildman–Crippen MR) is 73.2 cm³/mol. The minimum Gasteiger partial charge on any atom is -0.496 e. The molecule has 1 fully saturated rings. The van der Waals surface area contributed by atoms with Gasteiger partial charge in [-0.25, -0.2) is 0 Å². The van der Waals surface area contributed by atoms with Crippen molar-refractivity contribution in [3.63, 3.8) is 0 Å². The third-order valence-electron chi connectivity index (χ3n) is 3.45. The van der Waals surface area contributed by atoms with Gasteiger partial charge in [0.15, 0.2) is 0 Å². The molecule has 2 rings (SSSR count). The maximum absolute atomic E-state index is 6.34. The number of ether oxygens (including phenoxy) is 1. The van der Waals surface area contributed by atoms with E-state index in [1.807, 2.05) is 6.07 Å². The molecule has 0 bridgehead atoms. The van der Waals surface area contributed by atoms with E-state index < -0.39 is 0 Å².